The minimum absolute atomic E-state index is 0.0170. The molecule has 4 nitrogen and oxygen atoms in total. The van der Waals surface area contributed by atoms with E-state index in [1.807, 2.05) is 5.38 Å². The first-order chi connectivity index (χ1) is 8.07. The molecule has 1 saturated carbocycles. The number of anilines is 1. The van der Waals surface area contributed by atoms with Gasteiger partial charge in [0, 0.05) is 10.9 Å². The van der Waals surface area contributed by atoms with Gasteiger partial charge in [0.25, 0.3) is 0 Å². The normalized spacial score (nSPS) is 18.9. The molecule has 0 aliphatic heterocycles. The molecule has 0 radical (unpaired) electrons. The Kier molecular flexibility index (Phi) is 3.66. The molecule has 1 aromatic rings. The van der Waals surface area contributed by atoms with E-state index >= 15 is 0 Å². The van der Waals surface area contributed by atoms with Crippen molar-refractivity contribution in [2.24, 2.45) is 0 Å². The fraction of sp³-hybridized carbons (Fsp3) is 0.667. The minimum atomic E-state index is -0.0170. The van der Waals surface area contributed by atoms with Gasteiger partial charge in [0.05, 0.1) is 12.1 Å². The van der Waals surface area contributed by atoms with E-state index in [0.717, 1.165) is 18.5 Å². The Labute approximate surface area is 106 Å². The third-order valence-corrected chi connectivity index (χ3v) is 4.03. The van der Waals surface area contributed by atoms with Crippen molar-refractivity contribution in [3.63, 3.8) is 0 Å². The largest absolute Gasteiger partial charge is 0.375 e. The molecule has 1 fully saturated rings. The Hall–Kier alpha value is -1.10. The van der Waals surface area contributed by atoms with Crippen molar-refractivity contribution in [1.29, 1.82) is 0 Å². The number of thiazole rings is 1. The van der Waals surface area contributed by atoms with Crippen molar-refractivity contribution in [3.05, 3.63) is 11.1 Å². The standard InChI is InChI=1S/C12H19N3OS/c1-12(5-3-2-4-6-12)15-10(16)7-9-8-17-11(13)14-9/h8H,2-7H2,1H3,(H2,13,14)(H,15,16). The number of nitrogens with zero attached hydrogens (tertiary/aromatic N) is 1. The molecule has 0 atom stereocenters. The van der Waals surface area contributed by atoms with Gasteiger partial charge in [-0.15, -0.1) is 11.3 Å². The summed E-state index contributed by atoms with van der Waals surface area (Å²) in [6, 6.07) is 0. The molecule has 1 aromatic heterocycles. The molecule has 5 heteroatoms. The number of nitrogen functional groups attached to an aromatic ring is 1. The fourth-order valence-electron chi connectivity index (χ4n) is 2.41. The third kappa shape index (κ3) is 3.43. The lowest BCUT2D eigenvalue weighted by Gasteiger charge is -2.34. The van der Waals surface area contributed by atoms with Gasteiger partial charge >= 0.3 is 0 Å². The highest BCUT2D eigenvalue weighted by atomic mass is 32.1. The zero-order valence-electron chi connectivity index (χ0n) is 10.2. The summed E-state index contributed by atoms with van der Waals surface area (Å²) in [6.45, 7) is 2.14. The van der Waals surface area contributed by atoms with Gasteiger partial charge in [-0.05, 0) is 19.8 Å². The van der Waals surface area contributed by atoms with Gasteiger partial charge in [-0.2, -0.15) is 0 Å². The quantitative estimate of drug-likeness (QED) is 0.867. The molecule has 17 heavy (non-hydrogen) atoms. The van der Waals surface area contributed by atoms with Gasteiger partial charge < -0.3 is 11.1 Å². The molecule has 94 valence electrons. The third-order valence-electron chi connectivity index (χ3n) is 3.31. The highest BCUT2D eigenvalue weighted by Crippen LogP contribution is 2.27. The van der Waals surface area contributed by atoms with Gasteiger partial charge in [-0.1, -0.05) is 19.3 Å². The molecule has 1 heterocycles. The van der Waals surface area contributed by atoms with Crippen LogP contribution in [0.4, 0.5) is 5.13 Å². The van der Waals surface area contributed by atoms with Gasteiger partial charge in [0.15, 0.2) is 5.13 Å². The van der Waals surface area contributed by atoms with E-state index in [0.29, 0.717) is 11.6 Å². The van der Waals surface area contributed by atoms with Crippen molar-refractivity contribution in [3.8, 4) is 0 Å². The molecule has 1 amide bonds. The predicted molar refractivity (Wildman–Crippen MR) is 69.9 cm³/mol. The Morgan fingerprint density at radius 2 is 2.24 bits per heavy atom. The SMILES string of the molecule is CC1(NC(=O)Cc2csc(N)n2)CCCCC1. The van der Waals surface area contributed by atoms with Crippen LogP contribution in [0.2, 0.25) is 0 Å². The molecule has 0 saturated heterocycles. The van der Waals surface area contributed by atoms with Crippen LogP contribution >= 0.6 is 11.3 Å². The van der Waals surface area contributed by atoms with Crippen molar-refractivity contribution in [2.45, 2.75) is 51.0 Å². The first kappa shape index (κ1) is 12.4. The maximum atomic E-state index is 11.9. The molecule has 2 rings (SSSR count). The van der Waals surface area contributed by atoms with Crippen LogP contribution in [0.15, 0.2) is 5.38 Å². The predicted octanol–water partition coefficient (Wildman–Crippen LogP) is 2.11. The van der Waals surface area contributed by atoms with E-state index in [1.165, 1.54) is 30.6 Å². The van der Waals surface area contributed by atoms with Crippen LogP contribution in [0.25, 0.3) is 0 Å². The van der Waals surface area contributed by atoms with Gasteiger partial charge in [0.1, 0.15) is 0 Å². The molecule has 0 bridgehead atoms. The second-order valence-electron chi connectivity index (χ2n) is 5.02. The average Bonchev–Trinajstić information content (AvgIpc) is 2.63. The van der Waals surface area contributed by atoms with E-state index < -0.39 is 0 Å². The summed E-state index contributed by atoms with van der Waals surface area (Å²) in [5.74, 6) is 0.0553. The van der Waals surface area contributed by atoms with Crippen LogP contribution in [0, 0.1) is 0 Å². The summed E-state index contributed by atoms with van der Waals surface area (Å²) >= 11 is 1.38. The maximum Gasteiger partial charge on any atom is 0.226 e. The summed E-state index contributed by atoms with van der Waals surface area (Å²) in [4.78, 5) is 16.0. The first-order valence-electron chi connectivity index (χ1n) is 6.08. The van der Waals surface area contributed by atoms with Crippen LogP contribution in [-0.4, -0.2) is 16.4 Å². The summed E-state index contributed by atoms with van der Waals surface area (Å²) in [7, 11) is 0. The summed E-state index contributed by atoms with van der Waals surface area (Å²) in [5, 5.41) is 5.51. The molecule has 3 N–H and O–H groups in total. The lowest BCUT2D eigenvalue weighted by Crippen LogP contribution is -2.47. The molecule has 1 aliphatic rings. The zero-order chi connectivity index (χ0) is 12.3. The van der Waals surface area contributed by atoms with E-state index in [2.05, 4.69) is 17.2 Å². The van der Waals surface area contributed by atoms with Gasteiger partial charge in [-0.25, -0.2) is 4.98 Å². The van der Waals surface area contributed by atoms with E-state index in [1.54, 1.807) is 0 Å². The van der Waals surface area contributed by atoms with Gasteiger partial charge in [-0.3, -0.25) is 4.79 Å². The Balaban J connectivity index is 1.88. The van der Waals surface area contributed by atoms with E-state index in [4.69, 9.17) is 5.73 Å². The zero-order valence-corrected chi connectivity index (χ0v) is 11.0. The van der Waals surface area contributed by atoms with Crippen molar-refractivity contribution < 1.29 is 4.79 Å². The number of amides is 1. The lowest BCUT2D eigenvalue weighted by molar-refractivity contribution is -0.122. The monoisotopic (exact) mass is 253 g/mol. The molecule has 0 spiro atoms. The highest BCUT2D eigenvalue weighted by molar-refractivity contribution is 7.13. The van der Waals surface area contributed by atoms with E-state index in [-0.39, 0.29) is 11.4 Å². The summed E-state index contributed by atoms with van der Waals surface area (Å²) < 4.78 is 0. The Bertz CT molecular complexity index is 396. The van der Waals surface area contributed by atoms with Crippen LogP contribution < -0.4 is 11.1 Å². The van der Waals surface area contributed by atoms with Gasteiger partial charge in [0.2, 0.25) is 5.91 Å². The minimum Gasteiger partial charge on any atom is -0.375 e. The van der Waals surface area contributed by atoms with Crippen LogP contribution in [0.1, 0.15) is 44.7 Å². The van der Waals surface area contributed by atoms with Crippen molar-refractivity contribution >= 4 is 22.4 Å². The van der Waals surface area contributed by atoms with Crippen molar-refractivity contribution in [1.82, 2.24) is 10.3 Å². The number of nitrogens with two attached hydrogens (primary N) is 1. The number of hydrogen-bond acceptors (Lipinski definition) is 4. The fourth-order valence-corrected chi connectivity index (χ4v) is 2.97. The number of nitrogens with one attached hydrogen (secondary N) is 1. The van der Waals surface area contributed by atoms with Crippen LogP contribution in [0.3, 0.4) is 0 Å². The van der Waals surface area contributed by atoms with Crippen LogP contribution in [-0.2, 0) is 11.2 Å². The number of carbonyl (C=O) groups is 1. The van der Waals surface area contributed by atoms with Crippen LogP contribution in [0.5, 0.6) is 0 Å². The molecule has 1 aliphatic carbocycles. The Morgan fingerprint density at radius 1 is 1.53 bits per heavy atom. The number of aromatic nitrogens is 1. The first-order valence-corrected chi connectivity index (χ1v) is 6.96. The smallest absolute Gasteiger partial charge is 0.226 e. The molecular weight excluding hydrogens is 234 g/mol. The topological polar surface area (TPSA) is 68.0 Å². The Morgan fingerprint density at radius 3 is 2.82 bits per heavy atom. The van der Waals surface area contributed by atoms with Crippen molar-refractivity contribution in [2.75, 3.05) is 5.73 Å². The second-order valence-corrected chi connectivity index (χ2v) is 5.91. The summed E-state index contributed by atoms with van der Waals surface area (Å²) in [5.41, 5.74) is 6.29. The molecular formula is C12H19N3OS. The maximum absolute atomic E-state index is 11.9. The molecule has 0 aromatic carbocycles. The number of rotatable bonds is 3. The number of hydrogen-bond donors (Lipinski definition) is 2. The lowest BCUT2D eigenvalue weighted by atomic mass is 9.83. The second kappa shape index (κ2) is 5.04. The average molecular weight is 253 g/mol. The highest BCUT2D eigenvalue weighted by Gasteiger charge is 2.28. The number of carbonyl (C=O) groups excluding carboxylic acids is 1. The summed E-state index contributed by atoms with van der Waals surface area (Å²) in [6.07, 6.45) is 6.20. The molecule has 0 unspecified atom stereocenters. The van der Waals surface area contributed by atoms with E-state index in [9.17, 15) is 4.79 Å².